The van der Waals surface area contributed by atoms with Gasteiger partial charge in [-0.2, -0.15) is 4.31 Å². The highest BCUT2D eigenvalue weighted by Crippen LogP contribution is 2.20. The van der Waals surface area contributed by atoms with Crippen molar-refractivity contribution in [3.05, 3.63) is 29.8 Å². The minimum absolute atomic E-state index is 0.176. The van der Waals surface area contributed by atoms with Gasteiger partial charge in [0.15, 0.2) is 0 Å². The van der Waals surface area contributed by atoms with Crippen molar-refractivity contribution in [3.8, 4) is 0 Å². The van der Waals surface area contributed by atoms with Gasteiger partial charge in [0.25, 0.3) is 0 Å². The van der Waals surface area contributed by atoms with E-state index in [0.717, 1.165) is 24.8 Å². The molecule has 1 aliphatic heterocycles. The number of nitrogens with zero attached hydrogens (tertiary/aromatic N) is 2. The predicted octanol–water partition coefficient (Wildman–Crippen LogP) is 1.35. The third kappa shape index (κ3) is 4.82. The second-order valence-corrected chi connectivity index (χ2v) is 8.21. The number of carbonyl (C=O) groups is 2. The minimum atomic E-state index is -3.46. The van der Waals surface area contributed by atoms with Crippen LogP contribution >= 0.6 is 0 Å². The zero-order valence-corrected chi connectivity index (χ0v) is 16.2. The second kappa shape index (κ2) is 9.14. The van der Waals surface area contributed by atoms with Crippen molar-refractivity contribution >= 4 is 21.8 Å². The summed E-state index contributed by atoms with van der Waals surface area (Å²) in [5.41, 5.74) is 0.739. The van der Waals surface area contributed by atoms with E-state index in [9.17, 15) is 18.0 Å². The predicted molar refractivity (Wildman–Crippen MR) is 98.8 cm³/mol. The third-order valence-electron chi connectivity index (χ3n) is 4.57. The normalized spacial score (nSPS) is 15.5. The largest absolute Gasteiger partial charge is 0.344 e. The number of piperidine rings is 1. The molecule has 1 N–H and O–H groups in total. The van der Waals surface area contributed by atoms with E-state index in [2.05, 4.69) is 5.32 Å². The summed E-state index contributed by atoms with van der Waals surface area (Å²) >= 11 is 0. The number of likely N-dealkylation sites (N-methyl/N-ethyl adjacent to an activating group) is 1. The van der Waals surface area contributed by atoms with E-state index in [-0.39, 0.29) is 11.4 Å². The topological polar surface area (TPSA) is 86.8 Å². The van der Waals surface area contributed by atoms with E-state index in [1.54, 1.807) is 24.3 Å². The highest BCUT2D eigenvalue weighted by atomic mass is 32.2. The zero-order valence-electron chi connectivity index (χ0n) is 15.4. The SMILES string of the molecule is CCN(CC)C(=O)C(=O)NCc1ccc(S(=O)(=O)N2CCCCC2)cc1. The van der Waals surface area contributed by atoms with Crippen molar-refractivity contribution in [2.75, 3.05) is 26.2 Å². The molecule has 0 aromatic heterocycles. The van der Waals surface area contributed by atoms with Crippen molar-refractivity contribution < 1.29 is 18.0 Å². The molecule has 0 saturated carbocycles. The van der Waals surface area contributed by atoms with Crippen LogP contribution in [0.15, 0.2) is 29.2 Å². The Balaban J connectivity index is 1.97. The van der Waals surface area contributed by atoms with Crippen LogP contribution in [0.3, 0.4) is 0 Å². The van der Waals surface area contributed by atoms with Crippen LogP contribution in [-0.4, -0.2) is 55.6 Å². The van der Waals surface area contributed by atoms with Gasteiger partial charge in [0.05, 0.1) is 4.90 Å². The number of sulfonamides is 1. The molecular weight excluding hydrogens is 354 g/mol. The molecule has 2 amide bonds. The van der Waals surface area contributed by atoms with E-state index in [0.29, 0.717) is 26.2 Å². The zero-order chi connectivity index (χ0) is 19.2. The fourth-order valence-electron chi connectivity index (χ4n) is 2.95. The summed E-state index contributed by atoms with van der Waals surface area (Å²) in [4.78, 5) is 25.5. The maximum absolute atomic E-state index is 12.6. The van der Waals surface area contributed by atoms with Gasteiger partial charge in [-0.15, -0.1) is 0 Å². The van der Waals surface area contributed by atoms with Gasteiger partial charge in [-0.25, -0.2) is 8.42 Å². The van der Waals surface area contributed by atoms with Gasteiger partial charge >= 0.3 is 11.8 Å². The molecule has 2 rings (SSSR count). The highest BCUT2D eigenvalue weighted by Gasteiger charge is 2.25. The van der Waals surface area contributed by atoms with Crippen LogP contribution in [0.5, 0.6) is 0 Å². The number of rotatable bonds is 6. The number of benzene rings is 1. The molecule has 0 aliphatic carbocycles. The smallest absolute Gasteiger partial charge is 0.311 e. The fraction of sp³-hybridized carbons (Fsp3) is 0.556. The Hall–Kier alpha value is -1.93. The summed E-state index contributed by atoms with van der Waals surface area (Å²) in [6, 6.07) is 6.44. The van der Waals surface area contributed by atoms with Crippen molar-refractivity contribution in [3.63, 3.8) is 0 Å². The summed E-state index contributed by atoms with van der Waals surface area (Å²) in [5.74, 6) is -1.21. The second-order valence-electron chi connectivity index (χ2n) is 6.27. The molecule has 8 heteroatoms. The van der Waals surface area contributed by atoms with E-state index >= 15 is 0 Å². The van der Waals surface area contributed by atoms with Crippen molar-refractivity contribution in [2.45, 2.75) is 44.6 Å². The van der Waals surface area contributed by atoms with Gasteiger partial charge in [-0.05, 0) is 44.4 Å². The van der Waals surface area contributed by atoms with Crippen LogP contribution in [0.25, 0.3) is 0 Å². The molecule has 1 saturated heterocycles. The number of carbonyl (C=O) groups excluding carboxylic acids is 2. The molecule has 7 nitrogen and oxygen atoms in total. The summed E-state index contributed by atoms with van der Waals surface area (Å²) in [5, 5.41) is 2.58. The van der Waals surface area contributed by atoms with E-state index in [1.807, 2.05) is 13.8 Å². The monoisotopic (exact) mass is 381 g/mol. The lowest BCUT2D eigenvalue weighted by Gasteiger charge is -2.25. The van der Waals surface area contributed by atoms with E-state index in [4.69, 9.17) is 0 Å². The van der Waals surface area contributed by atoms with Gasteiger partial charge in [-0.1, -0.05) is 18.6 Å². The molecule has 0 bridgehead atoms. The maximum Gasteiger partial charge on any atom is 0.311 e. The van der Waals surface area contributed by atoms with Gasteiger partial charge in [0.2, 0.25) is 10.0 Å². The molecule has 0 atom stereocenters. The molecular formula is C18H27N3O4S. The molecule has 1 aromatic rings. The lowest BCUT2D eigenvalue weighted by Crippen LogP contribution is -2.42. The first-order chi connectivity index (χ1) is 12.4. The molecule has 0 radical (unpaired) electrons. The van der Waals surface area contributed by atoms with E-state index < -0.39 is 21.8 Å². The first-order valence-corrected chi connectivity index (χ1v) is 10.5. The number of amides is 2. The number of hydrogen-bond donors (Lipinski definition) is 1. The number of hydrogen-bond acceptors (Lipinski definition) is 4. The summed E-state index contributed by atoms with van der Waals surface area (Å²) in [6.07, 6.45) is 2.85. The average molecular weight is 381 g/mol. The maximum atomic E-state index is 12.6. The average Bonchev–Trinajstić information content (AvgIpc) is 2.68. The summed E-state index contributed by atoms with van der Waals surface area (Å²) in [7, 11) is -3.46. The van der Waals surface area contributed by atoms with Gasteiger partial charge in [0.1, 0.15) is 0 Å². The molecule has 0 spiro atoms. The Bertz CT molecular complexity index is 721. The van der Waals surface area contributed by atoms with Gasteiger partial charge in [0, 0.05) is 32.7 Å². The lowest BCUT2D eigenvalue weighted by molar-refractivity contribution is -0.145. The van der Waals surface area contributed by atoms with Crippen LogP contribution in [-0.2, 0) is 26.2 Å². The Morgan fingerprint density at radius 1 is 1.04 bits per heavy atom. The summed E-state index contributed by atoms with van der Waals surface area (Å²) < 4.78 is 26.7. The molecule has 26 heavy (non-hydrogen) atoms. The number of nitrogens with one attached hydrogen (secondary N) is 1. The Morgan fingerprint density at radius 2 is 1.62 bits per heavy atom. The Kier molecular flexibility index (Phi) is 7.16. The molecule has 144 valence electrons. The Labute approximate surface area is 155 Å². The van der Waals surface area contributed by atoms with Crippen LogP contribution in [0.2, 0.25) is 0 Å². The molecule has 1 aromatic carbocycles. The minimum Gasteiger partial charge on any atom is -0.344 e. The lowest BCUT2D eigenvalue weighted by atomic mass is 10.2. The van der Waals surface area contributed by atoms with E-state index in [1.165, 1.54) is 9.21 Å². The van der Waals surface area contributed by atoms with Gasteiger partial charge < -0.3 is 10.2 Å². The van der Waals surface area contributed by atoms with Crippen LogP contribution in [0.4, 0.5) is 0 Å². The molecule has 1 fully saturated rings. The van der Waals surface area contributed by atoms with Crippen molar-refractivity contribution in [2.24, 2.45) is 0 Å². The van der Waals surface area contributed by atoms with Crippen molar-refractivity contribution in [1.29, 1.82) is 0 Å². The first kappa shape index (κ1) is 20.4. The molecule has 0 unspecified atom stereocenters. The van der Waals surface area contributed by atoms with Gasteiger partial charge in [-0.3, -0.25) is 9.59 Å². The van der Waals surface area contributed by atoms with Crippen LogP contribution in [0, 0.1) is 0 Å². The third-order valence-corrected chi connectivity index (χ3v) is 6.49. The van der Waals surface area contributed by atoms with Crippen LogP contribution in [0.1, 0.15) is 38.7 Å². The quantitative estimate of drug-likeness (QED) is 0.754. The van der Waals surface area contributed by atoms with Crippen molar-refractivity contribution in [1.82, 2.24) is 14.5 Å². The molecule has 1 heterocycles. The first-order valence-electron chi connectivity index (χ1n) is 9.06. The Morgan fingerprint density at radius 3 is 2.15 bits per heavy atom. The van der Waals surface area contributed by atoms with Crippen LogP contribution < -0.4 is 5.32 Å². The summed E-state index contributed by atoms with van der Waals surface area (Å²) in [6.45, 7) is 5.89. The highest BCUT2D eigenvalue weighted by molar-refractivity contribution is 7.89. The standard InChI is InChI=1S/C18H27N3O4S/c1-3-20(4-2)18(23)17(22)19-14-15-8-10-16(11-9-15)26(24,25)21-12-6-5-7-13-21/h8-11H,3-7,12-14H2,1-2H3,(H,19,22). The fourth-order valence-corrected chi connectivity index (χ4v) is 4.46. The molecule has 1 aliphatic rings.